The topological polar surface area (TPSA) is 17.1 Å². The predicted octanol–water partition coefficient (Wildman–Crippen LogP) is 2.57. The van der Waals surface area contributed by atoms with E-state index in [1.807, 2.05) is 0 Å². The van der Waals surface area contributed by atoms with Crippen LogP contribution in [0.2, 0.25) is 0 Å². The number of allylic oxidation sites excluding steroid dienone is 2. The number of Topliss-reactive ketones (excluding diaryl/α,β-unsaturated/α-hetero) is 1. The van der Waals surface area contributed by atoms with Gasteiger partial charge in [-0.25, -0.2) is 0 Å². The molecule has 0 aromatic rings. The molecule has 2 fully saturated rings. The minimum absolute atomic E-state index is 0.425. The molecule has 0 amide bonds. The van der Waals surface area contributed by atoms with E-state index in [2.05, 4.69) is 13.0 Å². The summed E-state index contributed by atoms with van der Waals surface area (Å²) in [5.41, 5.74) is 1.13. The number of hydrogen-bond acceptors (Lipinski definition) is 1. The first-order chi connectivity index (χ1) is 6.31. The molecule has 70 valence electrons. The molecule has 0 saturated heterocycles. The molecule has 0 aromatic heterocycles. The van der Waals surface area contributed by atoms with E-state index in [1.54, 1.807) is 0 Å². The second kappa shape index (κ2) is 2.46. The minimum atomic E-state index is 0.425. The lowest BCUT2D eigenvalue weighted by Gasteiger charge is -2.22. The third kappa shape index (κ3) is 0.853. The van der Waals surface area contributed by atoms with Gasteiger partial charge in [0, 0.05) is 5.92 Å². The van der Waals surface area contributed by atoms with Gasteiger partial charge in [0.1, 0.15) is 0 Å². The lowest BCUT2D eigenvalue weighted by atomic mass is 9.81. The number of rotatable bonds is 1. The second-order valence-electron chi connectivity index (χ2n) is 4.85. The molecule has 3 rings (SSSR count). The van der Waals surface area contributed by atoms with Gasteiger partial charge in [-0.2, -0.15) is 0 Å². The maximum atomic E-state index is 11.9. The zero-order chi connectivity index (χ0) is 9.00. The fourth-order valence-corrected chi connectivity index (χ4v) is 3.79. The zero-order valence-corrected chi connectivity index (χ0v) is 8.12. The van der Waals surface area contributed by atoms with Crippen LogP contribution in [-0.2, 0) is 4.79 Å². The summed E-state index contributed by atoms with van der Waals surface area (Å²) in [6.45, 7) is 2.10. The molecule has 0 aliphatic heterocycles. The maximum Gasteiger partial charge on any atom is 0.162 e. The molecule has 0 heterocycles. The smallest absolute Gasteiger partial charge is 0.162 e. The SMILES string of the molecule is CCC1=CC2C3CCC(C3)C2C1=O. The van der Waals surface area contributed by atoms with Crippen LogP contribution in [0.25, 0.3) is 0 Å². The van der Waals surface area contributed by atoms with Crippen LogP contribution in [0.4, 0.5) is 0 Å². The quantitative estimate of drug-likeness (QED) is 0.600. The molecule has 3 aliphatic carbocycles. The highest BCUT2D eigenvalue weighted by molar-refractivity contribution is 6.00. The van der Waals surface area contributed by atoms with E-state index in [9.17, 15) is 4.79 Å². The lowest BCUT2D eigenvalue weighted by molar-refractivity contribution is -0.120. The van der Waals surface area contributed by atoms with Crippen molar-refractivity contribution in [2.75, 3.05) is 0 Å². The third-order valence-electron chi connectivity index (χ3n) is 4.37. The molecule has 0 N–H and O–H groups in total. The fraction of sp³-hybridized carbons (Fsp3) is 0.750. The maximum absolute atomic E-state index is 11.9. The van der Waals surface area contributed by atoms with Crippen LogP contribution in [0.3, 0.4) is 0 Å². The summed E-state index contributed by atoms with van der Waals surface area (Å²) in [5, 5.41) is 0. The van der Waals surface area contributed by atoms with Crippen molar-refractivity contribution < 1.29 is 4.79 Å². The Balaban J connectivity index is 1.96. The van der Waals surface area contributed by atoms with Crippen molar-refractivity contribution in [3.8, 4) is 0 Å². The van der Waals surface area contributed by atoms with Gasteiger partial charge in [-0.3, -0.25) is 4.79 Å². The van der Waals surface area contributed by atoms with Crippen LogP contribution >= 0.6 is 0 Å². The fourth-order valence-electron chi connectivity index (χ4n) is 3.79. The van der Waals surface area contributed by atoms with Gasteiger partial charge in [-0.05, 0) is 49.0 Å². The Morgan fingerprint density at radius 3 is 2.85 bits per heavy atom. The van der Waals surface area contributed by atoms with Crippen molar-refractivity contribution in [2.45, 2.75) is 32.6 Å². The van der Waals surface area contributed by atoms with Crippen LogP contribution in [0, 0.1) is 23.7 Å². The Kier molecular flexibility index (Phi) is 1.47. The van der Waals surface area contributed by atoms with E-state index in [4.69, 9.17) is 0 Å². The van der Waals surface area contributed by atoms with E-state index in [1.165, 1.54) is 19.3 Å². The molecule has 4 unspecified atom stereocenters. The molecule has 0 aromatic carbocycles. The largest absolute Gasteiger partial charge is 0.294 e. The summed E-state index contributed by atoms with van der Waals surface area (Å²) >= 11 is 0. The average Bonchev–Trinajstić information content (AvgIpc) is 2.76. The average molecular weight is 176 g/mol. The van der Waals surface area contributed by atoms with Gasteiger partial charge in [-0.15, -0.1) is 0 Å². The molecular weight excluding hydrogens is 160 g/mol. The van der Waals surface area contributed by atoms with Crippen LogP contribution < -0.4 is 0 Å². The van der Waals surface area contributed by atoms with E-state index in [-0.39, 0.29) is 0 Å². The number of hydrogen-bond donors (Lipinski definition) is 0. The van der Waals surface area contributed by atoms with Crippen molar-refractivity contribution in [1.82, 2.24) is 0 Å². The summed E-state index contributed by atoms with van der Waals surface area (Å²) in [7, 11) is 0. The van der Waals surface area contributed by atoms with E-state index in [0.717, 1.165) is 23.8 Å². The van der Waals surface area contributed by atoms with Crippen molar-refractivity contribution in [3.63, 3.8) is 0 Å². The Morgan fingerprint density at radius 2 is 2.15 bits per heavy atom. The molecule has 2 bridgehead atoms. The monoisotopic (exact) mass is 176 g/mol. The Bertz CT molecular complexity index is 289. The number of carbonyl (C=O) groups excluding carboxylic acids is 1. The summed E-state index contributed by atoms with van der Waals surface area (Å²) in [5.74, 6) is 3.19. The number of carbonyl (C=O) groups is 1. The third-order valence-corrected chi connectivity index (χ3v) is 4.37. The highest BCUT2D eigenvalue weighted by atomic mass is 16.1. The van der Waals surface area contributed by atoms with Crippen LogP contribution in [0.15, 0.2) is 11.6 Å². The van der Waals surface area contributed by atoms with Gasteiger partial charge in [0.15, 0.2) is 5.78 Å². The number of fused-ring (bicyclic) bond motifs is 5. The first-order valence-electron chi connectivity index (χ1n) is 5.56. The molecule has 1 heteroatoms. The first-order valence-corrected chi connectivity index (χ1v) is 5.56. The van der Waals surface area contributed by atoms with Gasteiger partial charge >= 0.3 is 0 Å². The Labute approximate surface area is 79.2 Å². The van der Waals surface area contributed by atoms with Crippen molar-refractivity contribution in [3.05, 3.63) is 11.6 Å². The van der Waals surface area contributed by atoms with Crippen molar-refractivity contribution in [1.29, 1.82) is 0 Å². The molecule has 1 nitrogen and oxygen atoms in total. The van der Waals surface area contributed by atoms with Crippen LogP contribution in [0.5, 0.6) is 0 Å². The van der Waals surface area contributed by atoms with Crippen LogP contribution in [-0.4, -0.2) is 5.78 Å². The Hall–Kier alpha value is -0.590. The molecule has 4 atom stereocenters. The van der Waals surface area contributed by atoms with Gasteiger partial charge in [0.05, 0.1) is 0 Å². The predicted molar refractivity (Wildman–Crippen MR) is 51.2 cm³/mol. The molecular formula is C12H16O. The zero-order valence-electron chi connectivity index (χ0n) is 8.12. The standard InChI is InChI=1S/C12H16O/c1-2-7-6-10-8-3-4-9(5-8)11(10)12(7)13/h6,8-11H,2-5H2,1H3. The summed E-state index contributed by atoms with van der Waals surface area (Å²) in [4.78, 5) is 11.9. The molecule has 0 radical (unpaired) electrons. The highest BCUT2D eigenvalue weighted by Gasteiger charge is 2.52. The molecule has 0 spiro atoms. The Morgan fingerprint density at radius 1 is 1.38 bits per heavy atom. The first kappa shape index (κ1) is 7.78. The van der Waals surface area contributed by atoms with Gasteiger partial charge < -0.3 is 0 Å². The normalized spacial score (nSPS) is 46.8. The van der Waals surface area contributed by atoms with E-state index >= 15 is 0 Å². The van der Waals surface area contributed by atoms with Gasteiger partial charge in [-0.1, -0.05) is 13.0 Å². The van der Waals surface area contributed by atoms with Gasteiger partial charge in [0.2, 0.25) is 0 Å². The summed E-state index contributed by atoms with van der Waals surface area (Å²) in [6.07, 6.45) is 7.30. The summed E-state index contributed by atoms with van der Waals surface area (Å²) in [6, 6.07) is 0. The minimum Gasteiger partial charge on any atom is -0.294 e. The second-order valence-corrected chi connectivity index (χ2v) is 4.85. The van der Waals surface area contributed by atoms with Crippen LogP contribution in [0.1, 0.15) is 32.6 Å². The molecule has 13 heavy (non-hydrogen) atoms. The highest BCUT2D eigenvalue weighted by Crippen LogP contribution is 2.56. The summed E-state index contributed by atoms with van der Waals surface area (Å²) < 4.78 is 0. The lowest BCUT2D eigenvalue weighted by Crippen LogP contribution is -2.23. The van der Waals surface area contributed by atoms with E-state index < -0.39 is 0 Å². The number of ketones is 1. The van der Waals surface area contributed by atoms with E-state index in [0.29, 0.717) is 17.6 Å². The van der Waals surface area contributed by atoms with Crippen molar-refractivity contribution >= 4 is 5.78 Å². The van der Waals surface area contributed by atoms with Gasteiger partial charge in [0.25, 0.3) is 0 Å². The molecule has 3 aliphatic rings. The van der Waals surface area contributed by atoms with Crippen molar-refractivity contribution in [2.24, 2.45) is 23.7 Å². The molecule has 2 saturated carbocycles.